The summed E-state index contributed by atoms with van der Waals surface area (Å²) in [6.45, 7) is 7.70. The minimum absolute atomic E-state index is 0.0946. The summed E-state index contributed by atoms with van der Waals surface area (Å²) in [6.07, 6.45) is 3.28. The highest BCUT2D eigenvalue weighted by molar-refractivity contribution is 5.98. The molecule has 0 aliphatic heterocycles. The Morgan fingerprint density at radius 3 is 2.48 bits per heavy atom. The van der Waals surface area contributed by atoms with Crippen molar-refractivity contribution in [1.82, 2.24) is 20.1 Å². The normalized spacial score (nSPS) is 12.6. The Hall–Kier alpha value is -2.64. The van der Waals surface area contributed by atoms with Gasteiger partial charge in [-0.2, -0.15) is 5.10 Å². The van der Waals surface area contributed by atoms with Gasteiger partial charge in [-0.3, -0.25) is 4.79 Å². The molecule has 0 unspecified atom stereocenters. The van der Waals surface area contributed by atoms with Crippen LogP contribution in [-0.4, -0.2) is 32.7 Å². The van der Waals surface area contributed by atoms with Gasteiger partial charge in [0.25, 0.3) is 0 Å². The lowest BCUT2D eigenvalue weighted by Crippen LogP contribution is -2.49. The number of pyridine rings is 1. The highest BCUT2D eigenvalue weighted by Gasteiger charge is 2.23. The molecular weight excluding hydrogens is 296 g/mol. The van der Waals surface area contributed by atoms with Crippen molar-refractivity contribution in [2.45, 2.75) is 39.8 Å². The second-order valence-corrected chi connectivity index (χ2v) is 6.04. The van der Waals surface area contributed by atoms with E-state index in [1.165, 1.54) is 0 Å². The van der Waals surface area contributed by atoms with Crippen molar-refractivity contribution < 1.29 is 9.59 Å². The number of nitrogens with one attached hydrogen (secondary N) is 2. The van der Waals surface area contributed by atoms with Crippen LogP contribution < -0.4 is 16.4 Å². The number of amides is 3. The van der Waals surface area contributed by atoms with Crippen LogP contribution in [0.5, 0.6) is 0 Å². The van der Waals surface area contributed by atoms with Crippen molar-refractivity contribution in [2.24, 2.45) is 11.7 Å². The van der Waals surface area contributed by atoms with Crippen LogP contribution in [-0.2, 0) is 4.79 Å². The Morgan fingerprint density at radius 2 is 1.91 bits per heavy atom. The molecule has 0 radical (unpaired) electrons. The van der Waals surface area contributed by atoms with Crippen LogP contribution in [0, 0.1) is 5.92 Å². The lowest BCUT2D eigenvalue weighted by atomic mass is 10.0. The second kappa shape index (κ2) is 6.64. The van der Waals surface area contributed by atoms with E-state index in [4.69, 9.17) is 5.73 Å². The highest BCUT2D eigenvalue weighted by atomic mass is 16.2. The van der Waals surface area contributed by atoms with Gasteiger partial charge < -0.3 is 16.4 Å². The van der Waals surface area contributed by atoms with Crippen LogP contribution in [0.3, 0.4) is 0 Å². The van der Waals surface area contributed by atoms with Crippen LogP contribution in [0.25, 0.3) is 11.0 Å². The predicted molar refractivity (Wildman–Crippen MR) is 87.9 cm³/mol. The molecule has 0 aliphatic carbocycles. The molecule has 2 aromatic heterocycles. The first-order valence-corrected chi connectivity index (χ1v) is 7.49. The number of hydrogen-bond acceptors (Lipinski definition) is 4. The fraction of sp³-hybridized carbons (Fsp3) is 0.467. The van der Waals surface area contributed by atoms with Crippen LogP contribution in [0.15, 0.2) is 18.5 Å². The molecule has 2 aromatic rings. The molecule has 4 N–H and O–H groups in total. The van der Waals surface area contributed by atoms with Gasteiger partial charge in [0.15, 0.2) is 5.65 Å². The highest BCUT2D eigenvalue weighted by Crippen LogP contribution is 2.19. The van der Waals surface area contributed by atoms with Crippen molar-refractivity contribution in [3.8, 4) is 0 Å². The van der Waals surface area contributed by atoms with Crippen molar-refractivity contribution in [3.63, 3.8) is 0 Å². The summed E-state index contributed by atoms with van der Waals surface area (Å²) in [5.74, 6) is -0.431. The van der Waals surface area contributed by atoms with Crippen molar-refractivity contribution in [2.75, 3.05) is 5.32 Å². The summed E-state index contributed by atoms with van der Waals surface area (Å²) in [7, 11) is 0. The number of fused-ring (bicyclic) bond motifs is 1. The van der Waals surface area contributed by atoms with Gasteiger partial charge in [-0.1, -0.05) is 13.8 Å². The number of carbonyl (C=O) groups is 2. The second-order valence-electron chi connectivity index (χ2n) is 6.04. The largest absolute Gasteiger partial charge is 0.352 e. The molecular formula is C15H22N6O2. The summed E-state index contributed by atoms with van der Waals surface area (Å²) in [5, 5.41) is 10.3. The number of nitrogens with zero attached hydrogens (tertiary/aromatic N) is 3. The molecule has 0 spiro atoms. The van der Waals surface area contributed by atoms with E-state index in [0.29, 0.717) is 5.69 Å². The summed E-state index contributed by atoms with van der Waals surface area (Å²) in [6, 6.07) is 0.561. The Bertz CT molecular complexity index is 722. The molecule has 0 saturated carbocycles. The third-order valence-electron chi connectivity index (χ3n) is 3.44. The molecule has 2 heterocycles. The van der Waals surface area contributed by atoms with E-state index in [0.717, 1.165) is 11.0 Å². The molecule has 0 bridgehead atoms. The molecule has 8 heteroatoms. The first kappa shape index (κ1) is 16.7. The van der Waals surface area contributed by atoms with Gasteiger partial charge in [-0.25, -0.2) is 14.5 Å². The first-order valence-electron chi connectivity index (χ1n) is 7.49. The number of nitrogens with two attached hydrogens (primary N) is 1. The maximum absolute atomic E-state index is 12.3. The summed E-state index contributed by atoms with van der Waals surface area (Å²) in [5.41, 5.74) is 6.42. The van der Waals surface area contributed by atoms with Gasteiger partial charge in [0.1, 0.15) is 6.04 Å². The summed E-state index contributed by atoms with van der Waals surface area (Å²) < 4.78 is 1.81. The molecule has 3 amide bonds. The molecule has 0 aromatic carbocycles. The van der Waals surface area contributed by atoms with E-state index < -0.39 is 12.1 Å². The quantitative estimate of drug-likeness (QED) is 0.777. The minimum atomic E-state index is -0.731. The molecule has 2 rings (SSSR count). The number of aromatic nitrogens is 3. The molecule has 0 aliphatic rings. The number of rotatable bonds is 5. The van der Waals surface area contributed by atoms with Gasteiger partial charge in [-0.15, -0.1) is 0 Å². The van der Waals surface area contributed by atoms with Crippen LogP contribution in [0.1, 0.15) is 33.7 Å². The summed E-state index contributed by atoms with van der Waals surface area (Å²) in [4.78, 5) is 27.7. The van der Waals surface area contributed by atoms with Gasteiger partial charge >= 0.3 is 6.03 Å². The molecule has 1 atom stereocenters. The lowest BCUT2D eigenvalue weighted by molar-refractivity contribution is -0.118. The van der Waals surface area contributed by atoms with Gasteiger partial charge in [0, 0.05) is 11.4 Å². The number of carbonyl (C=O) groups excluding carboxylic acids is 2. The minimum Gasteiger partial charge on any atom is -0.352 e. The van der Waals surface area contributed by atoms with Crippen LogP contribution in [0.4, 0.5) is 10.5 Å². The first-order chi connectivity index (χ1) is 10.8. The number of hydrogen-bond donors (Lipinski definition) is 3. The van der Waals surface area contributed by atoms with Crippen molar-refractivity contribution in [3.05, 3.63) is 18.5 Å². The predicted octanol–water partition coefficient (Wildman–Crippen LogP) is 1.64. The average molecular weight is 318 g/mol. The molecule has 124 valence electrons. The maximum Gasteiger partial charge on any atom is 0.312 e. The zero-order valence-electron chi connectivity index (χ0n) is 13.7. The zero-order chi connectivity index (χ0) is 17.1. The molecule has 8 nitrogen and oxygen atoms in total. The third kappa shape index (κ3) is 3.77. The smallest absolute Gasteiger partial charge is 0.312 e. The zero-order valence-corrected chi connectivity index (χ0v) is 13.7. The number of urea groups is 1. The van der Waals surface area contributed by atoms with Crippen LogP contribution in [0.2, 0.25) is 0 Å². The Kier molecular flexibility index (Phi) is 4.83. The van der Waals surface area contributed by atoms with E-state index in [9.17, 15) is 9.59 Å². The number of primary amides is 1. The van der Waals surface area contributed by atoms with E-state index >= 15 is 0 Å². The third-order valence-corrected chi connectivity index (χ3v) is 3.44. The number of anilines is 1. The van der Waals surface area contributed by atoms with E-state index in [2.05, 4.69) is 20.7 Å². The molecule has 0 saturated heterocycles. The van der Waals surface area contributed by atoms with Gasteiger partial charge in [0.05, 0.1) is 18.1 Å². The van der Waals surface area contributed by atoms with E-state index in [1.807, 2.05) is 32.4 Å². The fourth-order valence-electron chi connectivity index (χ4n) is 2.29. The molecule has 23 heavy (non-hydrogen) atoms. The van der Waals surface area contributed by atoms with E-state index in [-0.39, 0.29) is 17.9 Å². The monoisotopic (exact) mass is 318 g/mol. The van der Waals surface area contributed by atoms with Crippen molar-refractivity contribution in [1.29, 1.82) is 0 Å². The average Bonchev–Trinajstić information content (AvgIpc) is 2.87. The molecule has 0 fully saturated rings. The Balaban J connectivity index is 2.20. The van der Waals surface area contributed by atoms with Gasteiger partial charge in [-0.05, 0) is 25.8 Å². The van der Waals surface area contributed by atoms with E-state index in [1.54, 1.807) is 18.5 Å². The Labute approximate surface area is 134 Å². The maximum atomic E-state index is 12.3. The fourth-order valence-corrected chi connectivity index (χ4v) is 2.29. The lowest BCUT2D eigenvalue weighted by Gasteiger charge is -2.20. The topological polar surface area (TPSA) is 115 Å². The Morgan fingerprint density at radius 1 is 1.22 bits per heavy atom. The summed E-state index contributed by atoms with van der Waals surface area (Å²) >= 11 is 0. The SMILES string of the molecule is CC(C)[C@H](NC(N)=O)C(=O)Nc1cnc2c(cnn2C(C)C)c1. The van der Waals surface area contributed by atoms with Gasteiger partial charge in [0.2, 0.25) is 5.91 Å². The standard InChI is InChI=1S/C15H22N6O2/c1-8(2)12(20-15(16)23)14(22)19-11-5-10-6-18-21(9(3)4)13(10)17-7-11/h5-9,12H,1-4H3,(H,19,22)(H3,16,20,23)/t12-/m0/s1. The van der Waals surface area contributed by atoms with Crippen molar-refractivity contribution >= 4 is 28.7 Å². The van der Waals surface area contributed by atoms with Crippen LogP contribution >= 0.6 is 0 Å².